The molecule has 3 heterocycles. The van der Waals surface area contributed by atoms with Gasteiger partial charge in [-0.05, 0) is 93.9 Å². The molecule has 7 nitrogen and oxygen atoms in total. The normalized spacial score (nSPS) is 22.7. The third-order valence-corrected chi connectivity index (χ3v) is 9.28. The predicted octanol–water partition coefficient (Wildman–Crippen LogP) is 3.31. The van der Waals surface area contributed by atoms with Crippen molar-refractivity contribution < 1.29 is 9.30 Å². The molecule has 1 saturated carbocycles. The summed E-state index contributed by atoms with van der Waals surface area (Å²) in [5.41, 5.74) is 10.4. The first-order valence-corrected chi connectivity index (χ1v) is 13.9. The summed E-state index contributed by atoms with van der Waals surface area (Å²) in [4.78, 5) is 12.3. The van der Waals surface area contributed by atoms with Gasteiger partial charge in [-0.3, -0.25) is 5.73 Å². The second-order valence-electron chi connectivity index (χ2n) is 10.4. The van der Waals surface area contributed by atoms with Gasteiger partial charge in [0.15, 0.2) is 4.83 Å². The Hall–Kier alpha value is -2.42. The van der Waals surface area contributed by atoms with Crippen molar-refractivity contribution in [2.75, 3.05) is 50.9 Å². The molecule has 3 aliphatic rings. The Morgan fingerprint density at radius 3 is 2.54 bits per heavy atom. The van der Waals surface area contributed by atoms with Crippen molar-refractivity contribution >= 4 is 33.2 Å². The van der Waals surface area contributed by atoms with Crippen LogP contribution in [-0.2, 0) is 12.8 Å². The van der Waals surface area contributed by atoms with Crippen LogP contribution >= 0.6 is 11.3 Å². The maximum Gasteiger partial charge on any atom is 0.399 e. The number of nitrogens with zero attached hydrogens (tertiary/aromatic N) is 4. The van der Waals surface area contributed by atoms with Crippen molar-refractivity contribution in [3.8, 4) is 11.6 Å². The molecule has 186 valence electrons. The number of hydrogen-bond donors (Lipinski definition) is 2. The zero-order chi connectivity index (χ0) is 23.9. The molecule has 0 bridgehead atoms. The second-order valence-corrected chi connectivity index (χ2v) is 11.5. The first-order valence-electron chi connectivity index (χ1n) is 13.1. The number of thiophene rings is 1. The van der Waals surface area contributed by atoms with E-state index < -0.39 is 0 Å². The van der Waals surface area contributed by atoms with Crippen LogP contribution in [0.15, 0.2) is 24.3 Å². The van der Waals surface area contributed by atoms with Crippen LogP contribution in [0, 0.1) is 0 Å². The fourth-order valence-electron chi connectivity index (χ4n) is 5.99. The first-order chi connectivity index (χ1) is 17.1. The smallest absolute Gasteiger partial charge is 0.399 e. The van der Waals surface area contributed by atoms with Gasteiger partial charge in [0.1, 0.15) is 17.2 Å². The van der Waals surface area contributed by atoms with Crippen molar-refractivity contribution in [1.29, 1.82) is 0 Å². The summed E-state index contributed by atoms with van der Waals surface area (Å²) in [6, 6.07) is 9.45. The minimum atomic E-state index is 0.215. The third-order valence-electron chi connectivity index (χ3n) is 8.01. The lowest BCUT2D eigenvalue weighted by molar-refractivity contribution is -0.551. The van der Waals surface area contributed by atoms with Gasteiger partial charge in [0.05, 0.1) is 0 Å². The Balaban J connectivity index is 1.34. The van der Waals surface area contributed by atoms with Gasteiger partial charge in [-0.2, -0.15) is 4.57 Å². The number of ether oxygens (including phenoxy) is 1. The lowest BCUT2D eigenvalue weighted by atomic mass is 9.92. The van der Waals surface area contributed by atoms with E-state index in [1.807, 2.05) is 11.3 Å². The molecule has 3 aromatic rings. The van der Waals surface area contributed by atoms with E-state index >= 15 is 0 Å². The highest BCUT2D eigenvalue weighted by Gasteiger charge is 2.32. The molecule has 0 atom stereocenters. The summed E-state index contributed by atoms with van der Waals surface area (Å²) < 4.78 is 8.76. The minimum Gasteiger partial charge on any atom is -0.462 e. The fraction of sp³-hybridized carbons (Fsp3) is 0.556. The van der Waals surface area contributed by atoms with E-state index in [1.165, 1.54) is 45.6 Å². The molecule has 1 aliphatic heterocycles. The van der Waals surface area contributed by atoms with Gasteiger partial charge in [-0.1, -0.05) is 0 Å². The van der Waals surface area contributed by atoms with Gasteiger partial charge >= 0.3 is 11.8 Å². The summed E-state index contributed by atoms with van der Waals surface area (Å²) in [6.45, 7) is 4.15. The Labute approximate surface area is 211 Å². The van der Waals surface area contributed by atoms with E-state index in [9.17, 15) is 0 Å². The zero-order valence-electron chi connectivity index (χ0n) is 20.9. The number of rotatable bonds is 5. The van der Waals surface area contributed by atoms with Gasteiger partial charge in [0, 0.05) is 42.8 Å². The second kappa shape index (κ2) is 9.56. The molecule has 8 heteroatoms. The standard InChI is InChI=1S/C27H36N6OS/c1-31(2)18-10-12-21(13-11-18)34-25-24-22-4-3-5-23(22)35-26(24)33(27(28)30-25)20-8-6-19(7-9-20)32-16-14-29-15-17-32/h6-9,18,21,28-29H,3-5,10-17H2,1-2H3/p+1. The zero-order valence-corrected chi connectivity index (χ0v) is 21.7. The molecule has 3 N–H and O–H groups in total. The number of piperazine rings is 1. The largest absolute Gasteiger partial charge is 0.462 e. The number of nitrogen functional groups attached to an aromatic ring is 1. The van der Waals surface area contributed by atoms with Gasteiger partial charge in [-0.15, -0.1) is 11.3 Å². The maximum atomic E-state index is 6.64. The van der Waals surface area contributed by atoms with Crippen molar-refractivity contribution in [1.82, 2.24) is 15.2 Å². The van der Waals surface area contributed by atoms with E-state index in [4.69, 9.17) is 15.5 Å². The number of nitrogens with one attached hydrogen (secondary N) is 1. The Morgan fingerprint density at radius 2 is 1.83 bits per heavy atom. The van der Waals surface area contributed by atoms with Crippen molar-refractivity contribution in [3.05, 3.63) is 34.7 Å². The quantitative estimate of drug-likeness (QED) is 0.532. The van der Waals surface area contributed by atoms with Crippen LogP contribution in [0.1, 0.15) is 42.5 Å². The first kappa shape index (κ1) is 23.0. The van der Waals surface area contributed by atoms with E-state index in [0.717, 1.165) is 63.4 Å². The minimum absolute atomic E-state index is 0.215. The molecule has 6 rings (SSSR count). The average Bonchev–Trinajstić information content (AvgIpc) is 3.47. The molecule has 35 heavy (non-hydrogen) atoms. The summed E-state index contributed by atoms with van der Waals surface area (Å²) >= 11 is 1.87. The fourth-order valence-corrected chi connectivity index (χ4v) is 7.40. The van der Waals surface area contributed by atoms with Crippen LogP contribution in [-0.4, -0.2) is 62.3 Å². The number of anilines is 2. The van der Waals surface area contributed by atoms with Crippen LogP contribution in [0.4, 0.5) is 11.6 Å². The van der Waals surface area contributed by atoms with Crippen LogP contribution in [0.25, 0.3) is 15.9 Å². The molecular weight excluding hydrogens is 456 g/mol. The van der Waals surface area contributed by atoms with Crippen LogP contribution < -0.4 is 25.3 Å². The highest BCUT2D eigenvalue weighted by molar-refractivity contribution is 7.18. The Bertz CT molecular complexity index is 1190. The number of fused-ring (bicyclic) bond motifs is 3. The molecule has 0 amide bonds. The van der Waals surface area contributed by atoms with Gasteiger partial charge in [-0.25, -0.2) is 0 Å². The Morgan fingerprint density at radius 1 is 1.09 bits per heavy atom. The van der Waals surface area contributed by atoms with Crippen molar-refractivity contribution in [2.45, 2.75) is 57.1 Å². The van der Waals surface area contributed by atoms with E-state index in [1.54, 1.807) is 0 Å². The number of hydrogen-bond acceptors (Lipinski definition) is 7. The molecular formula is C27H37N6OS+. The summed E-state index contributed by atoms with van der Waals surface area (Å²) in [5, 5.41) is 4.62. The molecule has 1 aromatic carbocycles. The van der Waals surface area contributed by atoms with Gasteiger partial charge < -0.3 is 19.9 Å². The third kappa shape index (κ3) is 4.36. The van der Waals surface area contributed by atoms with Crippen molar-refractivity contribution in [3.63, 3.8) is 0 Å². The molecule has 0 spiro atoms. The summed E-state index contributed by atoms with van der Waals surface area (Å²) in [5.74, 6) is 1.25. The SMILES string of the molecule is CN(C)C1CCC(Oc2nc(N)[n+](-c3ccc(N4CCNCC4)cc3)c3sc4c(c23)CCC4)CC1. The topological polar surface area (TPSA) is 70.5 Å². The van der Waals surface area contributed by atoms with Crippen molar-refractivity contribution in [2.24, 2.45) is 0 Å². The molecule has 1 saturated heterocycles. The van der Waals surface area contributed by atoms with Crippen LogP contribution in [0.3, 0.4) is 0 Å². The van der Waals surface area contributed by atoms with Crippen LogP contribution in [0.2, 0.25) is 0 Å². The summed E-state index contributed by atoms with van der Waals surface area (Å²) in [7, 11) is 4.36. The number of nitrogens with two attached hydrogens (primary N) is 1. The Kier molecular flexibility index (Phi) is 6.28. The molecule has 2 aromatic heterocycles. The predicted molar refractivity (Wildman–Crippen MR) is 143 cm³/mol. The highest BCUT2D eigenvalue weighted by Crippen LogP contribution is 2.41. The highest BCUT2D eigenvalue weighted by atomic mass is 32.1. The molecule has 0 unspecified atom stereocenters. The van der Waals surface area contributed by atoms with E-state index in [2.05, 4.69) is 58.0 Å². The lowest BCUT2D eigenvalue weighted by Gasteiger charge is -2.32. The number of aromatic nitrogens is 2. The molecule has 2 fully saturated rings. The lowest BCUT2D eigenvalue weighted by Crippen LogP contribution is -2.43. The molecule has 2 aliphatic carbocycles. The van der Waals surface area contributed by atoms with Crippen LogP contribution in [0.5, 0.6) is 5.88 Å². The van der Waals surface area contributed by atoms with Gasteiger partial charge in [0.2, 0.25) is 0 Å². The van der Waals surface area contributed by atoms with E-state index in [0.29, 0.717) is 12.0 Å². The molecule has 0 radical (unpaired) electrons. The maximum absolute atomic E-state index is 6.64. The monoisotopic (exact) mass is 493 g/mol. The average molecular weight is 494 g/mol. The number of benzene rings is 1. The van der Waals surface area contributed by atoms with E-state index in [-0.39, 0.29) is 6.10 Å². The number of aryl methyl sites for hydroxylation is 2. The summed E-state index contributed by atoms with van der Waals surface area (Å²) in [6.07, 6.45) is 8.16. The van der Waals surface area contributed by atoms with Gasteiger partial charge in [0.25, 0.3) is 0 Å².